The number of hydrogen-bond donors (Lipinski definition) is 1. The van der Waals surface area contributed by atoms with E-state index in [9.17, 15) is 14.0 Å². The van der Waals surface area contributed by atoms with Gasteiger partial charge in [-0.05, 0) is 30.2 Å². The summed E-state index contributed by atoms with van der Waals surface area (Å²) in [5, 5.41) is 6.51. The van der Waals surface area contributed by atoms with E-state index in [1.165, 1.54) is 28.6 Å². The number of nitrogens with one attached hydrogen (secondary N) is 1. The number of halogens is 2. The Bertz CT molecular complexity index is 1310. The second-order valence-electron chi connectivity index (χ2n) is 6.92. The number of amides is 1. The lowest BCUT2D eigenvalue weighted by molar-refractivity contribution is -0.116. The number of carbonyl (C=O) groups is 1. The molecule has 1 amide bonds. The van der Waals surface area contributed by atoms with Gasteiger partial charge in [0.25, 0.3) is 11.1 Å². The van der Waals surface area contributed by atoms with Crippen molar-refractivity contribution in [1.29, 1.82) is 0 Å². The maximum atomic E-state index is 13.9. The maximum Gasteiger partial charge on any atom is 0.299 e. The van der Waals surface area contributed by atoms with Gasteiger partial charge in [0.2, 0.25) is 5.91 Å². The van der Waals surface area contributed by atoms with E-state index < -0.39 is 17.3 Å². The van der Waals surface area contributed by atoms with Gasteiger partial charge in [-0.1, -0.05) is 52.3 Å². The predicted molar refractivity (Wildman–Crippen MR) is 118 cm³/mol. The van der Waals surface area contributed by atoms with E-state index in [0.717, 1.165) is 12.0 Å². The van der Waals surface area contributed by atoms with Crippen LogP contribution in [0.4, 0.5) is 10.1 Å². The van der Waals surface area contributed by atoms with Crippen molar-refractivity contribution in [1.82, 2.24) is 14.7 Å². The van der Waals surface area contributed by atoms with E-state index in [-0.39, 0.29) is 24.2 Å². The van der Waals surface area contributed by atoms with Gasteiger partial charge in [-0.2, -0.15) is 0 Å². The Kier molecular flexibility index (Phi) is 5.94. The molecule has 4 aromatic rings. The largest absolute Gasteiger partial charge is 0.348 e. The second-order valence-corrected chi connectivity index (χ2v) is 7.84. The maximum absolute atomic E-state index is 13.9. The molecule has 0 aliphatic carbocycles. The quantitative estimate of drug-likeness (QED) is 0.433. The van der Waals surface area contributed by atoms with E-state index in [1.54, 1.807) is 6.07 Å². The molecule has 0 aliphatic rings. The van der Waals surface area contributed by atoms with Gasteiger partial charge in [-0.25, -0.2) is 9.37 Å². The Labute approximate surface area is 185 Å². The minimum Gasteiger partial charge on any atom is -0.348 e. The highest BCUT2D eigenvalue weighted by atomic mass is 79.9. The third-order valence-electron chi connectivity index (χ3n) is 4.87. The molecule has 7 nitrogen and oxygen atoms in total. The smallest absolute Gasteiger partial charge is 0.299 e. The first-order valence-corrected chi connectivity index (χ1v) is 10.4. The van der Waals surface area contributed by atoms with Crippen molar-refractivity contribution in [2.24, 2.45) is 0 Å². The predicted octanol–water partition coefficient (Wildman–Crippen LogP) is 4.54. The van der Waals surface area contributed by atoms with Gasteiger partial charge in [0.05, 0.1) is 12.0 Å². The molecular formula is C22H18BrFN4O3. The summed E-state index contributed by atoms with van der Waals surface area (Å²) >= 11 is 3.16. The number of rotatable bonds is 6. The first kappa shape index (κ1) is 20.9. The third kappa shape index (κ3) is 4.41. The molecular weight excluding hydrogens is 467 g/mol. The van der Waals surface area contributed by atoms with Gasteiger partial charge >= 0.3 is 0 Å². The van der Waals surface area contributed by atoms with Crippen LogP contribution in [0.5, 0.6) is 0 Å². The molecule has 31 heavy (non-hydrogen) atoms. The number of fused-ring (bicyclic) bond motifs is 1. The fourth-order valence-electron chi connectivity index (χ4n) is 3.13. The molecule has 2 aromatic heterocycles. The first-order valence-electron chi connectivity index (χ1n) is 9.65. The van der Waals surface area contributed by atoms with Gasteiger partial charge in [0.1, 0.15) is 17.0 Å². The zero-order valence-electron chi connectivity index (χ0n) is 16.6. The first-order chi connectivity index (χ1) is 15.0. The van der Waals surface area contributed by atoms with Crippen LogP contribution in [0.15, 0.2) is 62.6 Å². The molecule has 4 rings (SSSR count). The molecule has 1 N–H and O–H groups in total. The zero-order valence-corrected chi connectivity index (χ0v) is 18.1. The van der Waals surface area contributed by atoms with Crippen LogP contribution in [0.3, 0.4) is 0 Å². The Balaban J connectivity index is 1.50. The van der Waals surface area contributed by atoms with Crippen LogP contribution < -0.4 is 10.9 Å². The van der Waals surface area contributed by atoms with Crippen LogP contribution in [0, 0.1) is 5.82 Å². The molecule has 0 spiro atoms. The van der Waals surface area contributed by atoms with Gasteiger partial charge in [-0.3, -0.25) is 14.2 Å². The SMILES string of the molecule is CCc1ccc(-c2noc3c(=O)n(CCC(=O)Nc4ccc(Br)cc4F)cnc23)cc1. The summed E-state index contributed by atoms with van der Waals surface area (Å²) in [6, 6.07) is 12.1. The van der Waals surface area contributed by atoms with E-state index >= 15 is 0 Å². The summed E-state index contributed by atoms with van der Waals surface area (Å²) < 4.78 is 21.0. The monoisotopic (exact) mass is 484 g/mol. The highest BCUT2D eigenvalue weighted by Crippen LogP contribution is 2.25. The number of aryl methyl sites for hydroxylation is 2. The van der Waals surface area contributed by atoms with Crippen molar-refractivity contribution in [3.8, 4) is 11.3 Å². The average molecular weight is 485 g/mol. The number of hydrogen-bond acceptors (Lipinski definition) is 5. The lowest BCUT2D eigenvalue weighted by atomic mass is 10.1. The van der Waals surface area contributed by atoms with E-state index in [2.05, 4.69) is 38.3 Å². The molecule has 0 fully saturated rings. The summed E-state index contributed by atoms with van der Waals surface area (Å²) in [5.41, 5.74) is 2.51. The molecule has 2 aromatic carbocycles. The fraction of sp³-hybridized carbons (Fsp3) is 0.182. The zero-order chi connectivity index (χ0) is 22.0. The summed E-state index contributed by atoms with van der Waals surface area (Å²) in [7, 11) is 0. The minimum absolute atomic E-state index is 0.0245. The molecule has 9 heteroatoms. The highest BCUT2D eigenvalue weighted by molar-refractivity contribution is 9.10. The number of anilines is 1. The van der Waals surface area contributed by atoms with Crippen LogP contribution in [-0.4, -0.2) is 20.6 Å². The third-order valence-corrected chi connectivity index (χ3v) is 5.36. The van der Waals surface area contributed by atoms with Crippen molar-refractivity contribution >= 4 is 38.6 Å². The van der Waals surface area contributed by atoms with Crippen LogP contribution in [0.2, 0.25) is 0 Å². The lowest BCUT2D eigenvalue weighted by Gasteiger charge is -2.08. The minimum atomic E-state index is -0.552. The number of carbonyl (C=O) groups excluding carboxylic acids is 1. The fourth-order valence-corrected chi connectivity index (χ4v) is 3.46. The van der Waals surface area contributed by atoms with Gasteiger partial charge in [0, 0.05) is 23.0 Å². The lowest BCUT2D eigenvalue weighted by Crippen LogP contribution is -2.23. The highest BCUT2D eigenvalue weighted by Gasteiger charge is 2.17. The van der Waals surface area contributed by atoms with Gasteiger partial charge in [0.15, 0.2) is 0 Å². The van der Waals surface area contributed by atoms with Crippen LogP contribution in [0.25, 0.3) is 22.4 Å². The van der Waals surface area contributed by atoms with E-state index in [4.69, 9.17) is 4.52 Å². The Hall–Kier alpha value is -3.33. The van der Waals surface area contributed by atoms with Crippen molar-refractivity contribution in [3.05, 3.63) is 75.0 Å². The number of aromatic nitrogens is 3. The van der Waals surface area contributed by atoms with Crippen LogP contribution in [-0.2, 0) is 17.8 Å². The number of benzene rings is 2. The summed E-state index contributed by atoms with van der Waals surface area (Å²) in [6.07, 6.45) is 2.24. The molecule has 0 saturated carbocycles. The Morgan fingerprint density at radius 3 is 2.71 bits per heavy atom. The van der Waals surface area contributed by atoms with Crippen LogP contribution >= 0.6 is 15.9 Å². The molecule has 0 bridgehead atoms. The van der Waals surface area contributed by atoms with Crippen molar-refractivity contribution in [2.75, 3.05) is 5.32 Å². The number of nitrogens with zero attached hydrogens (tertiary/aromatic N) is 3. The molecule has 158 valence electrons. The normalized spacial score (nSPS) is 11.1. The summed E-state index contributed by atoms with van der Waals surface area (Å²) in [6.45, 7) is 2.13. The van der Waals surface area contributed by atoms with E-state index in [0.29, 0.717) is 15.7 Å². The standard InChI is InChI=1S/C22H18BrFN4O3/c1-2-13-3-5-14(6-4-13)19-20-21(31-27-19)22(30)28(12-25-20)10-9-18(29)26-17-8-7-15(23)11-16(17)24/h3-8,11-12H,2,9-10H2,1H3,(H,26,29). The molecule has 0 atom stereocenters. The van der Waals surface area contributed by atoms with Crippen molar-refractivity contribution in [2.45, 2.75) is 26.3 Å². The van der Waals surface area contributed by atoms with E-state index in [1.807, 2.05) is 24.3 Å². The second kappa shape index (κ2) is 8.81. The average Bonchev–Trinajstić information content (AvgIpc) is 3.20. The Morgan fingerprint density at radius 2 is 2.00 bits per heavy atom. The molecule has 0 aliphatic heterocycles. The topological polar surface area (TPSA) is 90.0 Å². The molecule has 0 radical (unpaired) electrons. The van der Waals surface area contributed by atoms with Crippen molar-refractivity contribution < 1.29 is 13.7 Å². The molecule has 0 unspecified atom stereocenters. The summed E-state index contributed by atoms with van der Waals surface area (Å²) in [4.78, 5) is 29.2. The van der Waals surface area contributed by atoms with Gasteiger partial charge in [-0.15, -0.1) is 0 Å². The van der Waals surface area contributed by atoms with Crippen molar-refractivity contribution in [3.63, 3.8) is 0 Å². The molecule has 2 heterocycles. The molecule has 0 saturated heterocycles. The summed E-state index contributed by atoms with van der Waals surface area (Å²) in [5.74, 6) is -0.980. The van der Waals surface area contributed by atoms with Crippen LogP contribution in [0.1, 0.15) is 18.9 Å². The Morgan fingerprint density at radius 1 is 1.23 bits per heavy atom. The van der Waals surface area contributed by atoms with Gasteiger partial charge < -0.3 is 9.84 Å².